The highest BCUT2D eigenvalue weighted by Crippen LogP contribution is 2.48. The highest BCUT2D eigenvalue weighted by Gasteiger charge is 2.43. The number of para-hydroxylation sites is 1. The quantitative estimate of drug-likeness (QED) is 0.918. The van der Waals surface area contributed by atoms with Gasteiger partial charge in [0.15, 0.2) is 0 Å². The predicted molar refractivity (Wildman–Crippen MR) is 90.2 cm³/mol. The minimum Gasteiger partial charge on any atom is -0.497 e. The van der Waals surface area contributed by atoms with Gasteiger partial charge in [-0.2, -0.15) is 0 Å². The Kier molecular flexibility index (Phi) is 3.30. The summed E-state index contributed by atoms with van der Waals surface area (Å²) in [5, 5.41) is 3.50. The van der Waals surface area contributed by atoms with Crippen LogP contribution in [0.4, 0.5) is 11.4 Å². The normalized spacial score (nSPS) is 19.2. The second-order valence-corrected chi connectivity index (χ2v) is 6.34. The molecular formula is C19H22N2O. The monoisotopic (exact) mass is 294 g/mol. The van der Waals surface area contributed by atoms with Gasteiger partial charge in [0.2, 0.25) is 0 Å². The van der Waals surface area contributed by atoms with Crippen LogP contribution >= 0.6 is 0 Å². The molecule has 1 N–H and O–H groups in total. The molecular weight excluding hydrogens is 272 g/mol. The highest BCUT2D eigenvalue weighted by molar-refractivity contribution is 5.73. The smallest absolute Gasteiger partial charge is 0.120 e. The number of nitrogens with zero attached hydrogens (tertiary/aromatic N) is 1. The lowest BCUT2D eigenvalue weighted by Gasteiger charge is -2.35. The standard InChI is InChI=1S/C19H22N2O/c1-22-16-6-4-5-15(13-16)21-14-19(9-11-20-12-10-19)17-7-2-3-8-18(17)21/h2-8,13,20H,9-12,14H2,1H3. The summed E-state index contributed by atoms with van der Waals surface area (Å²) in [5.74, 6) is 0.918. The van der Waals surface area contributed by atoms with E-state index in [1.54, 1.807) is 7.11 Å². The molecule has 2 aromatic rings. The molecule has 1 saturated heterocycles. The molecule has 0 atom stereocenters. The molecule has 3 nitrogen and oxygen atoms in total. The van der Waals surface area contributed by atoms with E-state index >= 15 is 0 Å². The Hall–Kier alpha value is -2.00. The first kappa shape index (κ1) is 13.6. The summed E-state index contributed by atoms with van der Waals surface area (Å²) < 4.78 is 5.40. The fraction of sp³-hybridized carbons (Fsp3) is 0.368. The number of methoxy groups -OCH3 is 1. The van der Waals surface area contributed by atoms with E-state index in [4.69, 9.17) is 4.74 Å². The molecule has 0 bridgehead atoms. The van der Waals surface area contributed by atoms with Gasteiger partial charge in [-0.1, -0.05) is 24.3 Å². The van der Waals surface area contributed by atoms with Crippen molar-refractivity contribution >= 4 is 11.4 Å². The maximum Gasteiger partial charge on any atom is 0.120 e. The summed E-state index contributed by atoms with van der Waals surface area (Å²) in [6.07, 6.45) is 2.43. The van der Waals surface area contributed by atoms with Crippen molar-refractivity contribution in [2.24, 2.45) is 0 Å². The third kappa shape index (κ3) is 2.08. The minimum absolute atomic E-state index is 0.297. The van der Waals surface area contributed by atoms with Crippen LogP contribution in [0.15, 0.2) is 48.5 Å². The van der Waals surface area contributed by atoms with Crippen LogP contribution in [0.5, 0.6) is 5.75 Å². The number of anilines is 2. The van der Waals surface area contributed by atoms with Crippen LogP contribution in [0, 0.1) is 0 Å². The second kappa shape index (κ2) is 5.33. The lowest BCUT2D eigenvalue weighted by molar-refractivity contribution is 0.329. The Morgan fingerprint density at radius 1 is 1.05 bits per heavy atom. The second-order valence-electron chi connectivity index (χ2n) is 6.34. The van der Waals surface area contributed by atoms with Gasteiger partial charge < -0.3 is 15.0 Å². The average molecular weight is 294 g/mol. The van der Waals surface area contributed by atoms with Gasteiger partial charge in [-0.15, -0.1) is 0 Å². The largest absolute Gasteiger partial charge is 0.497 e. The van der Waals surface area contributed by atoms with Crippen molar-refractivity contribution in [3.8, 4) is 5.75 Å². The highest BCUT2D eigenvalue weighted by atomic mass is 16.5. The summed E-state index contributed by atoms with van der Waals surface area (Å²) >= 11 is 0. The summed E-state index contributed by atoms with van der Waals surface area (Å²) in [6, 6.07) is 17.3. The van der Waals surface area contributed by atoms with Crippen molar-refractivity contribution in [2.75, 3.05) is 31.6 Å². The molecule has 3 heteroatoms. The number of hydrogen-bond acceptors (Lipinski definition) is 3. The van der Waals surface area contributed by atoms with Crippen LogP contribution in [-0.2, 0) is 5.41 Å². The summed E-state index contributed by atoms with van der Waals surface area (Å²) in [6.45, 7) is 3.29. The molecule has 0 unspecified atom stereocenters. The van der Waals surface area contributed by atoms with Crippen LogP contribution in [0.3, 0.4) is 0 Å². The van der Waals surface area contributed by atoms with E-state index in [-0.39, 0.29) is 0 Å². The first-order valence-electron chi connectivity index (χ1n) is 8.04. The van der Waals surface area contributed by atoms with Gasteiger partial charge in [0.1, 0.15) is 5.75 Å². The Bertz CT molecular complexity index is 677. The van der Waals surface area contributed by atoms with Crippen LogP contribution in [0.25, 0.3) is 0 Å². The SMILES string of the molecule is COc1cccc(N2CC3(CCNCC3)c3ccccc32)c1. The van der Waals surface area contributed by atoms with Gasteiger partial charge in [-0.25, -0.2) is 0 Å². The van der Waals surface area contributed by atoms with Crippen molar-refractivity contribution < 1.29 is 4.74 Å². The van der Waals surface area contributed by atoms with E-state index < -0.39 is 0 Å². The maximum absolute atomic E-state index is 5.40. The molecule has 2 aromatic carbocycles. The third-order valence-corrected chi connectivity index (χ3v) is 5.15. The number of rotatable bonds is 2. The van der Waals surface area contributed by atoms with Crippen molar-refractivity contribution in [1.82, 2.24) is 5.32 Å². The van der Waals surface area contributed by atoms with E-state index in [1.807, 2.05) is 6.07 Å². The Labute approximate surface area is 131 Å². The zero-order valence-corrected chi connectivity index (χ0v) is 13.0. The molecule has 2 aliphatic heterocycles. The number of benzene rings is 2. The molecule has 2 aliphatic rings. The third-order valence-electron chi connectivity index (χ3n) is 5.15. The molecule has 1 spiro atoms. The Balaban J connectivity index is 1.78. The molecule has 0 aromatic heterocycles. The van der Waals surface area contributed by atoms with Crippen LogP contribution in [0.2, 0.25) is 0 Å². The lowest BCUT2D eigenvalue weighted by Crippen LogP contribution is -2.42. The van der Waals surface area contributed by atoms with Crippen molar-refractivity contribution in [3.63, 3.8) is 0 Å². The predicted octanol–water partition coefficient (Wildman–Crippen LogP) is 3.47. The van der Waals surface area contributed by atoms with E-state index in [0.29, 0.717) is 5.41 Å². The number of nitrogens with one attached hydrogen (secondary N) is 1. The topological polar surface area (TPSA) is 24.5 Å². The number of piperidine rings is 1. The zero-order valence-electron chi connectivity index (χ0n) is 13.0. The average Bonchev–Trinajstić information content (AvgIpc) is 2.90. The Morgan fingerprint density at radius 3 is 2.68 bits per heavy atom. The van der Waals surface area contributed by atoms with E-state index in [1.165, 1.54) is 29.8 Å². The number of fused-ring (bicyclic) bond motifs is 2. The van der Waals surface area contributed by atoms with Gasteiger partial charge in [-0.3, -0.25) is 0 Å². The van der Waals surface area contributed by atoms with Gasteiger partial charge in [0, 0.05) is 29.4 Å². The number of hydrogen-bond donors (Lipinski definition) is 1. The Morgan fingerprint density at radius 2 is 1.86 bits per heavy atom. The van der Waals surface area contributed by atoms with Gasteiger partial charge >= 0.3 is 0 Å². The molecule has 22 heavy (non-hydrogen) atoms. The molecule has 4 rings (SSSR count). The summed E-state index contributed by atoms with van der Waals surface area (Å²) in [7, 11) is 1.73. The fourth-order valence-electron chi connectivity index (χ4n) is 3.97. The molecule has 114 valence electrons. The lowest BCUT2D eigenvalue weighted by atomic mass is 9.75. The molecule has 0 amide bonds. The molecule has 0 saturated carbocycles. The van der Waals surface area contributed by atoms with Gasteiger partial charge in [-0.05, 0) is 49.7 Å². The number of ether oxygens (including phenoxy) is 1. The van der Waals surface area contributed by atoms with Crippen molar-refractivity contribution in [2.45, 2.75) is 18.3 Å². The minimum atomic E-state index is 0.297. The molecule has 0 aliphatic carbocycles. The van der Waals surface area contributed by atoms with Crippen LogP contribution < -0.4 is 15.0 Å². The van der Waals surface area contributed by atoms with Crippen LogP contribution in [-0.4, -0.2) is 26.7 Å². The molecule has 1 fully saturated rings. The van der Waals surface area contributed by atoms with Crippen LogP contribution in [0.1, 0.15) is 18.4 Å². The van der Waals surface area contributed by atoms with E-state index in [2.05, 4.69) is 52.7 Å². The first-order chi connectivity index (χ1) is 10.8. The zero-order chi connectivity index (χ0) is 15.0. The summed E-state index contributed by atoms with van der Waals surface area (Å²) in [4.78, 5) is 2.46. The van der Waals surface area contributed by atoms with Crippen molar-refractivity contribution in [1.29, 1.82) is 0 Å². The maximum atomic E-state index is 5.40. The first-order valence-corrected chi connectivity index (χ1v) is 8.04. The van der Waals surface area contributed by atoms with E-state index in [0.717, 1.165) is 25.4 Å². The molecule has 2 heterocycles. The van der Waals surface area contributed by atoms with Crippen molar-refractivity contribution in [3.05, 3.63) is 54.1 Å². The fourth-order valence-corrected chi connectivity index (χ4v) is 3.97. The summed E-state index contributed by atoms with van der Waals surface area (Å²) in [5.41, 5.74) is 4.39. The van der Waals surface area contributed by atoms with Gasteiger partial charge in [0.25, 0.3) is 0 Å². The van der Waals surface area contributed by atoms with E-state index in [9.17, 15) is 0 Å². The van der Waals surface area contributed by atoms with Gasteiger partial charge in [0.05, 0.1) is 7.11 Å². The molecule has 0 radical (unpaired) electrons.